The maximum absolute atomic E-state index is 13.9. The van der Waals surface area contributed by atoms with E-state index in [4.69, 9.17) is 28.7 Å². The van der Waals surface area contributed by atoms with E-state index in [9.17, 15) is 9.59 Å². The molecule has 3 saturated heterocycles. The largest absolute Gasteiger partial charge is 0.495 e. The van der Waals surface area contributed by atoms with Gasteiger partial charge in [0.2, 0.25) is 5.91 Å². The van der Waals surface area contributed by atoms with Crippen LogP contribution in [-0.4, -0.2) is 143 Å². The number of fused-ring (bicyclic) bond motifs is 3. The number of piperidine rings is 2. The zero-order valence-electron chi connectivity index (χ0n) is 34.4. The lowest BCUT2D eigenvalue weighted by atomic mass is 9.83. The molecule has 2 amide bonds. The average molecular weight is 800 g/mol. The summed E-state index contributed by atoms with van der Waals surface area (Å²) in [6, 6.07) is 14.1. The summed E-state index contributed by atoms with van der Waals surface area (Å²) in [5.41, 5.74) is 3.26. The summed E-state index contributed by atoms with van der Waals surface area (Å²) in [4.78, 5) is 41.0. The molecular formula is C44H61N7O7. The summed E-state index contributed by atoms with van der Waals surface area (Å²) < 4.78 is 29.1. The molecule has 0 aromatic heterocycles. The van der Waals surface area contributed by atoms with E-state index in [1.54, 1.807) is 7.11 Å². The van der Waals surface area contributed by atoms with Crippen molar-refractivity contribution in [2.75, 3.05) is 96.4 Å². The van der Waals surface area contributed by atoms with E-state index in [0.29, 0.717) is 69.1 Å². The van der Waals surface area contributed by atoms with Gasteiger partial charge in [0, 0.05) is 70.7 Å². The molecule has 2 N–H and O–H groups in total. The van der Waals surface area contributed by atoms with Gasteiger partial charge in [0.25, 0.3) is 0 Å². The number of anilines is 2. The zero-order valence-corrected chi connectivity index (χ0v) is 34.4. The quantitative estimate of drug-likeness (QED) is 0.155. The van der Waals surface area contributed by atoms with Crippen LogP contribution in [0.5, 0.6) is 11.5 Å². The predicted octanol–water partition coefficient (Wildman–Crippen LogP) is 5.05. The van der Waals surface area contributed by atoms with Gasteiger partial charge in [0.15, 0.2) is 0 Å². The molecule has 4 unspecified atom stereocenters. The summed E-state index contributed by atoms with van der Waals surface area (Å²) in [6.07, 6.45) is 11.9. The van der Waals surface area contributed by atoms with Gasteiger partial charge in [-0.2, -0.15) is 0 Å². The van der Waals surface area contributed by atoms with Crippen LogP contribution in [0.1, 0.15) is 44.6 Å². The Kier molecular flexibility index (Phi) is 14.9. The number of para-hydroxylation sites is 2. The van der Waals surface area contributed by atoms with Gasteiger partial charge in [-0.25, -0.2) is 4.79 Å². The molecule has 2 aromatic rings. The number of aliphatic imine (C=N–C) groups is 1. The van der Waals surface area contributed by atoms with E-state index < -0.39 is 6.09 Å². The van der Waals surface area contributed by atoms with Crippen molar-refractivity contribution in [1.82, 2.24) is 20.0 Å². The number of hydrogen-bond acceptors (Lipinski definition) is 12. The first-order valence-corrected chi connectivity index (χ1v) is 21.1. The minimum absolute atomic E-state index is 0.0372. The predicted molar refractivity (Wildman–Crippen MR) is 225 cm³/mol. The number of nitrogens with zero attached hydrogens (tertiary/aromatic N) is 5. The van der Waals surface area contributed by atoms with Crippen molar-refractivity contribution < 1.29 is 33.3 Å². The monoisotopic (exact) mass is 799 g/mol. The van der Waals surface area contributed by atoms with Crippen molar-refractivity contribution in [2.24, 2.45) is 10.9 Å². The van der Waals surface area contributed by atoms with E-state index in [1.165, 1.54) is 6.42 Å². The Bertz CT molecular complexity index is 1770. The first-order chi connectivity index (χ1) is 28.4. The standard InChI is InChI=1S/C44H61N7O7/c1-4-57-41-15-8-7-14-39(41)51-42(46-37-13-6-5-12-36(37)43(51)52)29-49-22-20-48(21-23-49)19-18-45-30-55-24-25-56-31-50-33-10-9-11-34(50)28-35(27-33)58-44(53)47-38-26-32(2)16-17-40(38)54-3/h5-8,12-17,26,33-36,42,45H,4,9-11,18-25,27-31H2,1-3H3,(H,47,53). The fourth-order valence-corrected chi connectivity index (χ4v) is 8.84. The second-order valence-electron chi connectivity index (χ2n) is 15.7. The number of methoxy groups -OCH3 is 1. The summed E-state index contributed by atoms with van der Waals surface area (Å²) in [6.45, 7) is 12.7. The third kappa shape index (κ3) is 10.6. The fraction of sp³-hybridized carbons (Fsp3) is 0.568. The van der Waals surface area contributed by atoms with Gasteiger partial charge in [-0.3, -0.25) is 40.0 Å². The van der Waals surface area contributed by atoms with E-state index in [1.807, 2.05) is 85.5 Å². The van der Waals surface area contributed by atoms with Gasteiger partial charge in [-0.15, -0.1) is 0 Å². The molecule has 4 atom stereocenters. The Labute approximate surface area is 343 Å². The van der Waals surface area contributed by atoms with Crippen molar-refractivity contribution in [3.05, 3.63) is 72.3 Å². The molecule has 0 spiro atoms. The van der Waals surface area contributed by atoms with Gasteiger partial charge in [-0.1, -0.05) is 42.8 Å². The topological polar surface area (TPSA) is 130 Å². The van der Waals surface area contributed by atoms with Crippen molar-refractivity contribution in [1.29, 1.82) is 0 Å². The van der Waals surface area contributed by atoms with Crippen LogP contribution in [-0.2, 0) is 19.0 Å². The van der Waals surface area contributed by atoms with E-state index in [0.717, 1.165) is 81.9 Å². The molecule has 7 rings (SSSR count). The fourth-order valence-electron chi connectivity index (χ4n) is 8.84. The molecular weight excluding hydrogens is 739 g/mol. The third-order valence-corrected chi connectivity index (χ3v) is 11.8. The highest BCUT2D eigenvalue weighted by Gasteiger charge is 2.41. The maximum Gasteiger partial charge on any atom is 0.412 e. The van der Waals surface area contributed by atoms with Crippen LogP contribution in [0.2, 0.25) is 0 Å². The molecule has 0 radical (unpaired) electrons. The van der Waals surface area contributed by atoms with E-state index >= 15 is 0 Å². The van der Waals surface area contributed by atoms with E-state index in [-0.39, 0.29) is 24.1 Å². The number of aryl methyl sites for hydroxylation is 1. The van der Waals surface area contributed by atoms with Crippen molar-refractivity contribution in [3.8, 4) is 11.5 Å². The highest BCUT2D eigenvalue weighted by molar-refractivity contribution is 6.18. The van der Waals surface area contributed by atoms with Crippen LogP contribution in [0.25, 0.3) is 0 Å². The average Bonchev–Trinajstić information content (AvgIpc) is 3.21. The molecule has 1 aliphatic carbocycles. The number of ether oxygens (including phenoxy) is 5. The van der Waals surface area contributed by atoms with Crippen molar-refractivity contribution in [3.63, 3.8) is 0 Å². The Morgan fingerprint density at radius 1 is 0.948 bits per heavy atom. The molecule has 0 saturated carbocycles. The molecule has 14 nitrogen and oxygen atoms in total. The number of nitrogens with one attached hydrogen (secondary N) is 2. The molecule has 5 aliphatic rings. The van der Waals surface area contributed by atoms with Crippen LogP contribution in [0.15, 0.2) is 71.8 Å². The number of benzene rings is 2. The van der Waals surface area contributed by atoms with Crippen LogP contribution in [0.3, 0.4) is 0 Å². The van der Waals surface area contributed by atoms with Crippen LogP contribution >= 0.6 is 0 Å². The number of rotatable bonds is 18. The lowest BCUT2D eigenvalue weighted by Gasteiger charge is -2.48. The minimum Gasteiger partial charge on any atom is -0.495 e. The van der Waals surface area contributed by atoms with Crippen molar-refractivity contribution >= 4 is 29.1 Å². The molecule has 3 fully saturated rings. The number of amides is 2. The number of allylic oxidation sites excluding steroid dienone is 3. The molecule has 58 heavy (non-hydrogen) atoms. The van der Waals surface area contributed by atoms with Gasteiger partial charge in [0.1, 0.15) is 23.8 Å². The first-order valence-electron chi connectivity index (χ1n) is 21.1. The Hall–Kier alpha value is -4.31. The Morgan fingerprint density at radius 3 is 2.52 bits per heavy atom. The number of hydrogen-bond donors (Lipinski definition) is 2. The number of carbonyl (C=O) groups is 2. The number of carbonyl (C=O) groups excluding carboxylic acids is 2. The second kappa shape index (κ2) is 20.6. The lowest BCUT2D eigenvalue weighted by molar-refractivity contribution is -0.120. The maximum atomic E-state index is 13.9. The Morgan fingerprint density at radius 2 is 1.72 bits per heavy atom. The van der Waals surface area contributed by atoms with Gasteiger partial charge >= 0.3 is 6.09 Å². The Balaban J connectivity index is 0.765. The van der Waals surface area contributed by atoms with Crippen LogP contribution < -0.4 is 25.0 Å². The molecule has 4 heterocycles. The number of piperazine rings is 1. The lowest BCUT2D eigenvalue weighted by Crippen LogP contribution is -2.56. The summed E-state index contributed by atoms with van der Waals surface area (Å²) in [5, 5.41) is 6.29. The summed E-state index contributed by atoms with van der Waals surface area (Å²) in [7, 11) is 1.59. The third-order valence-electron chi connectivity index (χ3n) is 11.8. The van der Waals surface area contributed by atoms with Gasteiger partial charge in [-0.05, 0) is 62.6 Å². The highest BCUT2D eigenvalue weighted by Crippen LogP contribution is 2.37. The zero-order chi connectivity index (χ0) is 40.3. The first kappa shape index (κ1) is 41.8. The van der Waals surface area contributed by atoms with Crippen LogP contribution in [0, 0.1) is 12.8 Å². The SMILES string of the molecule is CCOc1ccccc1N1C(=O)C2C=CC=CC2=NC1CN1CCN(CCNCOCCOCN2C3CCCC2CC(OC(=O)Nc2cc(C)ccc2OC)C3)CC1. The van der Waals surface area contributed by atoms with E-state index in [2.05, 4.69) is 25.3 Å². The molecule has 2 bridgehead atoms. The van der Waals surface area contributed by atoms with Crippen molar-refractivity contribution in [2.45, 2.75) is 70.3 Å². The second-order valence-corrected chi connectivity index (χ2v) is 15.7. The summed E-state index contributed by atoms with van der Waals surface area (Å²) >= 11 is 0. The molecule has 4 aliphatic heterocycles. The highest BCUT2D eigenvalue weighted by atomic mass is 16.6. The molecule has 14 heteroatoms. The molecule has 2 aromatic carbocycles. The van der Waals surface area contributed by atoms with Gasteiger partial charge < -0.3 is 23.7 Å². The van der Waals surface area contributed by atoms with Gasteiger partial charge in [0.05, 0.1) is 63.4 Å². The minimum atomic E-state index is -0.438. The van der Waals surface area contributed by atoms with Crippen LogP contribution in [0.4, 0.5) is 16.2 Å². The summed E-state index contributed by atoms with van der Waals surface area (Å²) in [5.74, 6) is 0.986. The smallest absolute Gasteiger partial charge is 0.412 e. The normalized spacial score (nSPS) is 24.9. The molecule has 314 valence electrons.